The summed E-state index contributed by atoms with van der Waals surface area (Å²) in [6.45, 7) is 1.41. The number of halogens is 2. The summed E-state index contributed by atoms with van der Waals surface area (Å²) in [4.78, 5) is 11.4. The zero-order chi connectivity index (χ0) is 15.4. The van der Waals surface area contributed by atoms with E-state index in [4.69, 9.17) is 9.47 Å². The molecule has 0 N–H and O–H groups in total. The Kier molecular flexibility index (Phi) is 4.52. The van der Waals surface area contributed by atoms with Gasteiger partial charge in [0.1, 0.15) is 18.2 Å². The van der Waals surface area contributed by atoms with Crippen molar-refractivity contribution in [2.45, 2.75) is 13.5 Å². The van der Waals surface area contributed by atoms with Gasteiger partial charge in [0.25, 0.3) is 0 Å². The average Bonchev–Trinajstić information content (AvgIpc) is 2.47. The second-order valence-corrected chi connectivity index (χ2v) is 4.45. The van der Waals surface area contributed by atoms with Gasteiger partial charge in [0.2, 0.25) is 0 Å². The van der Waals surface area contributed by atoms with Gasteiger partial charge in [-0.15, -0.1) is 0 Å². The minimum Gasteiger partial charge on any atom is -0.496 e. The Bertz CT molecular complexity index is 669. The van der Waals surface area contributed by atoms with Gasteiger partial charge in [-0.1, -0.05) is 0 Å². The molecule has 21 heavy (non-hydrogen) atoms. The van der Waals surface area contributed by atoms with Crippen molar-refractivity contribution in [2.24, 2.45) is 0 Å². The maximum atomic E-state index is 13.5. The molecule has 0 spiro atoms. The molecule has 0 radical (unpaired) electrons. The quantitative estimate of drug-likeness (QED) is 0.787. The van der Waals surface area contributed by atoms with Crippen LogP contribution >= 0.6 is 0 Å². The van der Waals surface area contributed by atoms with E-state index in [-0.39, 0.29) is 18.1 Å². The molecule has 2 aromatic rings. The predicted octanol–water partition coefficient (Wildman–Crippen LogP) is 3.76. The van der Waals surface area contributed by atoms with Crippen molar-refractivity contribution < 1.29 is 23.0 Å². The minimum absolute atomic E-state index is 0.0370. The fraction of sp³-hybridized carbons (Fsp3) is 0.188. The third-order valence-electron chi connectivity index (χ3n) is 2.96. The van der Waals surface area contributed by atoms with Gasteiger partial charge in [-0.3, -0.25) is 4.79 Å². The number of ether oxygens (including phenoxy) is 2. The Morgan fingerprint density at radius 2 is 1.86 bits per heavy atom. The third-order valence-corrected chi connectivity index (χ3v) is 2.96. The molecule has 0 atom stereocenters. The van der Waals surface area contributed by atoms with Gasteiger partial charge in [-0.25, -0.2) is 8.78 Å². The van der Waals surface area contributed by atoms with Crippen LogP contribution in [0.3, 0.4) is 0 Å². The number of hydrogen-bond acceptors (Lipinski definition) is 3. The molecular formula is C16H14F2O3. The highest BCUT2D eigenvalue weighted by molar-refractivity contribution is 5.94. The Morgan fingerprint density at radius 1 is 1.10 bits per heavy atom. The van der Waals surface area contributed by atoms with Gasteiger partial charge in [0, 0.05) is 17.2 Å². The first-order valence-corrected chi connectivity index (χ1v) is 6.27. The zero-order valence-corrected chi connectivity index (χ0v) is 11.7. The molecule has 0 aliphatic rings. The number of rotatable bonds is 5. The number of methoxy groups -OCH3 is 1. The summed E-state index contributed by atoms with van der Waals surface area (Å²) in [5.74, 6) is -1.02. The Hall–Kier alpha value is -2.43. The van der Waals surface area contributed by atoms with Gasteiger partial charge in [0.05, 0.1) is 7.11 Å². The van der Waals surface area contributed by atoms with Crippen molar-refractivity contribution >= 4 is 5.78 Å². The van der Waals surface area contributed by atoms with Crippen LogP contribution in [0.1, 0.15) is 22.8 Å². The smallest absolute Gasteiger partial charge is 0.165 e. The van der Waals surface area contributed by atoms with Gasteiger partial charge in [-0.05, 0) is 37.3 Å². The minimum atomic E-state index is -0.655. The summed E-state index contributed by atoms with van der Waals surface area (Å²) in [5, 5.41) is 0. The molecule has 0 aromatic heterocycles. The molecule has 0 amide bonds. The standard InChI is InChI=1S/C16H14F2O3/c1-10(19)11-3-6-15(20-2)12(7-11)9-21-16-8-13(17)4-5-14(16)18/h3-8H,9H2,1-2H3. The van der Waals surface area contributed by atoms with Gasteiger partial charge < -0.3 is 9.47 Å². The van der Waals surface area contributed by atoms with E-state index < -0.39 is 11.6 Å². The fourth-order valence-electron chi connectivity index (χ4n) is 1.85. The molecule has 5 heteroatoms. The first kappa shape index (κ1) is 15.0. The highest BCUT2D eigenvalue weighted by Gasteiger charge is 2.10. The van der Waals surface area contributed by atoms with E-state index >= 15 is 0 Å². The van der Waals surface area contributed by atoms with Crippen LogP contribution in [0.25, 0.3) is 0 Å². The highest BCUT2D eigenvalue weighted by atomic mass is 19.1. The molecule has 0 saturated heterocycles. The Balaban J connectivity index is 2.24. The van der Waals surface area contributed by atoms with E-state index in [9.17, 15) is 13.6 Å². The number of Topliss-reactive ketones (excluding diaryl/α,β-unsaturated/α-hetero) is 1. The van der Waals surface area contributed by atoms with Crippen LogP contribution in [0.15, 0.2) is 36.4 Å². The number of carbonyl (C=O) groups is 1. The van der Waals surface area contributed by atoms with Crippen molar-refractivity contribution in [1.29, 1.82) is 0 Å². The molecule has 0 aliphatic heterocycles. The predicted molar refractivity (Wildman–Crippen MR) is 73.7 cm³/mol. The molecular weight excluding hydrogens is 278 g/mol. The molecule has 110 valence electrons. The molecule has 0 aliphatic carbocycles. The Labute approximate surface area is 121 Å². The summed E-state index contributed by atoms with van der Waals surface area (Å²) < 4.78 is 37.0. The van der Waals surface area contributed by atoms with Crippen LogP contribution in [0, 0.1) is 11.6 Å². The molecule has 2 rings (SSSR count). The summed E-state index contributed by atoms with van der Waals surface area (Å²) in [7, 11) is 1.48. The molecule has 0 unspecified atom stereocenters. The van der Waals surface area contributed by atoms with Gasteiger partial charge >= 0.3 is 0 Å². The lowest BCUT2D eigenvalue weighted by molar-refractivity contribution is 0.101. The largest absolute Gasteiger partial charge is 0.496 e. The lowest BCUT2D eigenvalue weighted by Gasteiger charge is -2.12. The normalized spacial score (nSPS) is 10.3. The lowest BCUT2D eigenvalue weighted by atomic mass is 10.1. The van der Waals surface area contributed by atoms with E-state index in [1.54, 1.807) is 18.2 Å². The molecule has 3 nitrogen and oxygen atoms in total. The van der Waals surface area contributed by atoms with Crippen LogP contribution in [-0.2, 0) is 6.61 Å². The monoisotopic (exact) mass is 292 g/mol. The third kappa shape index (κ3) is 3.56. The van der Waals surface area contributed by atoms with Crippen LogP contribution in [-0.4, -0.2) is 12.9 Å². The van der Waals surface area contributed by atoms with Crippen molar-refractivity contribution in [3.8, 4) is 11.5 Å². The van der Waals surface area contributed by atoms with Crippen LogP contribution in [0.4, 0.5) is 8.78 Å². The molecule has 0 saturated carbocycles. The van der Waals surface area contributed by atoms with E-state index in [1.807, 2.05) is 0 Å². The van der Waals surface area contributed by atoms with Crippen molar-refractivity contribution in [1.82, 2.24) is 0 Å². The summed E-state index contributed by atoms with van der Waals surface area (Å²) in [6.07, 6.45) is 0. The van der Waals surface area contributed by atoms with E-state index in [0.717, 1.165) is 18.2 Å². The maximum Gasteiger partial charge on any atom is 0.165 e. The molecule has 0 heterocycles. The molecule has 0 bridgehead atoms. The number of carbonyl (C=O) groups excluding carboxylic acids is 1. The summed E-state index contributed by atoms with van der Waals surface area (Å²) >= 11 is 0. The maximum absolute atomic E-state index is 13.5. The van der Waals surface area contributed by atoms with E-state index in [2.05, 4.69) is 0 Å². The van der Waals surface area contributed by atoms with Crippen molar-refractivity contribution in [2.75, 3.05) is 7.11 Å². The van der Waals surface area contributed by atoms with Crippen molar-refractivity contribution in [3.63, 3.8) is 0 Å². The first-order chi connectivity index (χ1) is 10.0. The van der Waals surface area contributed by atoms with E-state index in [1.165, 1.54) is 14.0 Å². The SMILES string of the molecule is COc1ccc(C(C)=O)cc1COc1cc(F)ccc1F. The number of ketones is 1. The summed E-state index contributed by atoms with van der Waals surface area (Å²) in [6, 6.07) is 7.85. The molecule has 2 aromatic carbocycles. The first-order valence-electron chi connectivity index (χ1n) is 6.27. The van der Waals surface area contributed by atoms with E-state index in [0.29, 0.717) is 16.9 Å². The van der Waals surface area contributed by atoms with Crippen LogP contribution < -0.4 is 9.47 Å². The molecule has 0 fully saturated rings. The summed E-state index contributed by atoms with van der Waals surface area (Å²) in [5.41, 5.74) is 1.07. The lowest BCUT2D eigenvalue weighted by Crippen LogP contribution is -2.03. The highest BCUT2D eigenvalue weighted by Crippen LogP contribution is 2.24. The van der Waals surface area contributed by atoms with Gasteiger partial charge in [-0.2, -0.15) is 0 Å². The van der Waals surface area contributed by atoms with Crippen LogP contribution in [0.2, 0.25) is 0 Å². The average molecular weight is 292 g/mol. The Morgan fingerprint density at radius 3 is 2.52 bits per heavy atom. The second kappa shape index (κ2) is 6.35. The second-order valence-electron chi connectivity index (χ2n) is 4.45. The van der Waals surface area contributed by atoms with Gasteiger partial charge in [0.15, 0.2) is 17.3 Å². The zero-order valence-electron chi connectivity index (χ0n) is 11.7. The fourth-order valence-corrected chi connectivity index (χ4v) is 1.85. The van der Waals surface area contributed by atoms with Crippen LogP contribution in [0.5, 0.6) is 11.5 Å². The van der Waals surface area contributed by atoms with Crippen molar-refractivity contribution in [3.05, 3.63) is 59.2 Å². The number of hydrogen-bond donors (Lipinski definition) is 0. The number of benzene rings is 2. The topological polar surface area (TPSA) is 35.5 Å².